The fraction of sp³-hybridized carbons (Fsp3) is 0. The highest BCUT2D eigenvalue weighted by molar-refractivity contribution is 7.14. The van der Waals surface area contributed by atoms with Crippen molar-refractivity contribution in [1.29, 1.82) is 0 Å². The number of aromatic nitrogens is 4. The smallest absolute Gasteiger partial charge is 0.258 e. The van der Waals surface area contributed by atoms with Gasteiger partial charge in [-0.25, -0.2) is 0 Å². The third-order valence-corrected chi connectivity index (χ3v) is 12.0. The van der Waals surface area contributed by atoms with Crippen molar-refractivity contribution in [1.82, 2.24) is 19.3 Å². The first-order valence-corrected chi connectivity index (χ1v) is 19.2. The SMILES string of the molecule is c1ccc2c(c1)c1ccccc1n2-c1ccc(-c2ccsc2-c2nnc(-c3sccc3-c3ccc(-n4c5ccccc5c5ccccc54)cc3)o2)cc1. The minimum absolute atomic E-state index is 0.525. The maximum atomic E-state index is 6.45. The van der Waals surface area contributed by atoms with Crippen LogP contribution in [0.4, 0.5) is 0 Å². The Balaban J connectivity index is 0.904. The molecule has 5 heterocycles. The molecule has 0 radical (unpaired) electrons. The van der Waals surface area contributed by atoms with Crippen LogP contribution in [0.15, 0.2) is 173 Å². The summed E-state index contributed by atoms with van der Waals surface area (Å²) in [4.78, 5) is 1.92. The van der Waals surface area contributed by atoms with Gasteiger partial charge in [0.2, 0.25) is 0 Å². The van der Waals surface area contributed by atoms with E-state index in [9.17, 15) is 0 Å². The van der Waals surface area contributed by atoms with Crippen LogP contribution in [-0.2, 0) is 0 Å². The lowest BCUT2D eigenvalue weighted by atomic mass is 10.1. The second kappa shape index (κ2) is 12.0. The van der Waals surface area contributed by atoms with Crippen molar-refractivity contribution in [3.05, 3.63) is 168 Å². The molecule has 53 heavy (non-hydrogen) atoms. The van der Waals surface area contributed by atoms with Crippen LogP contribution < -0.4 is 0 Å². The number of benzene rings is 6. The molecule has 0 saturated carbocycles. The molecule has 5 nitrogen and oxygen atoms in total. The summed E-state index contributed by atoms with van der Waals surface area (Å²) in [5.41, 5.74) is 11.4. The van der Waals surface area contributed by atoms with Crippen LogP contribution in [-0.4, -0.2) is 19.3 Å². The van der Waals surface area contributed by atoms with Gasteiger partial charge in [-0.05, 0) is 82.6 Å². The zero-order valence-electron chi connectivity index (χ0n) is 28.2. The Morgan fingerprint density at radius 3 is 1.08 bits per heavy atom. The van der Waals surface area contributed by atoms with Gasteiger partial charge in [0.05, 0.1) is 31.8 Å². The summed E-state index contributed by atoms with van der Waals surface area (Å²) in [7, 11) is 0. The predicted octanol–water partition coefficient (Wildman–Crippen LogP) is 13.1. The molecule has 7 heteroatoms. The first-order chi connectivity index (χ1) is 26.3. The van der Waals surface area contributed by atoms with E-state index in [0.717, 1.165) is 43.4 Å². The molecule has 0 amide bonds. The van der Waals surface area contributed by atoms with Gasteiger partial charge in [-0.2, -0.15) is 0 Å². The average molecular weight is 717 g/mol. The Morgan fingerprint density at radius 2 is 0.717 bits per heavy atom. The molecular weight excluding hydrogens is 689 g/mol. The zero-order valence-corrected chi connectivity index (χ0v) is 29.8. The van der Waals surface area contributed by atoms with E-state index in [-0.39, 0.29) is 0 Å². The maximum Gasteiger partial charge on any atom is 0.258 e. The molecule has 0 atom stereocenters. The predicted molar refractivity (Wildman–Crippen MR) is 220 cm³/mol. The molecule has 0 fully saturated rings. The largest absolute Gasteiger partial charge is 0.414 e. The summed E-state index contributed by atoms with van der Waals surface area (Å²) in [6, 6.07) is 56.1. The third-order valence-electron chi connectivity index (χ3n) is 10.2. The molecule has 11 rings (SSSR count). The summed E-state index contributed by atoms with van der Waals surface area (Å²) in [5, 5.41) is 18.3. The Kier molecular flexibility index (Phi) is 6.83. The standard InChI is InChI=1S/C46H28N4OS2/c1-5-13-39-35(9-1)36-10-2-6-14-40(36)49(39)31-21-17-29(18-22-31)33-25-27-52-43(33)45-47-48-46(51-45)44-34(26-28-53-44)30-19-23-32(24-20-30)50-41-15-7-3-11-37(41)38-12-4-8-16-42(38)50/h1-28H. The molecule has 0 unspecified atom stereocenters. The molecule has 0 saturated heterocycles. The third kappa shape index (κ3) is 4.75. The Bertz CT molecular complexity index is 2800. The second-order valence-electron chi connectivity index (χ2n) is 13.1. The molecule has 0 aliphatic heterocycles. The summed E-state index contributed by atoms with van der Waals surface area (Å²) >= 11 is 3.23. The number of fused-ring (bicyclic) bond motifs is 6. The van der Waals surface area contributed by atoms with E-state index in [4.69, 9.17) is 4.42 Å². The molecule has 0 aliphatic carbocycles. The normalized spacial score (nSPS) is 11.8. The number of hydrogen-bond acceptors (Lipinski definition) is 5. The second-order valence-corrected chi connectivity index (χ2v) is 14.9. The van der Waals surface area contributed by atoms with Crippen LogP contribution in [0.1, 0.15) is 0 Å². The highest BCUT2D eigenvalue weighted by Crippen LogP contribution is 2.42. The van der Waals surface area contributed by atoms with E-state index >= 15 is 0 Å². The Hall–Kier alpha value is -6.54. The Morgan fingerprint density at radius 1 is 0.377 bits per heavy atom. The van der Waals surface area contributed by atoms with Gasteiger partial charge in [0.15, 0.2) is 0 Å². The molecule has 5 aromatic heterocycles. The van der Waals surface area contributed by atoms with Crippen LogP contribution in [0.25, 0.3) is 98.8 Å². The van der Waals surface area contributed by atoms with Crippen LogP contribution in [0.2, 0.25) is 0 Å². The molecule has 0 bridgehead atoms. The van der Waals surface area contributed by atoms with Crippen molar-refractivity contribution in [2.45, 2.75) is 0 Å². The van der Waals surface area contributed by atoms with Gasteiger partial charge < -0.3 is 13.6 Å². The fourth-order valence-corrected chi connectivity index (χ4v) is 9.47. The minimum Gasteiger partial charge on any atom is -0.414 e. The van der Waals surface area contributed by atoms with Crippen LogP contribution in [0.3, 0.4) is 0 Å². The van der Waals surface area contributed by atoms with Crippen molar-refractivity contribution < 1.29 is 4.42 Å². The lowest BCUT2D eigenvalue weighted by molar-refractivity contribution is 0.588. The van der Waals surface area contributed by atoms with E-state index in [1.165, 1.54) is 43.6 Å². The number of thiophene rings is 2. The van der Waals surface area contributed by atoms with E-state index in [2.05, 4.69) is 188 Å². The highest BCUT2D eigenvalue weighted by Gasteiger charge is 2.21. The number of rotatable bonds is 6. The zero-order chi connectivity index (χ0) is 34.9. The van der Waals surface area contributed by atoms with Crippen molar-refractivity contribution in [2.75, 3.05) is 0 Å². The van der Waals surface area contributed by atoms with Crippen molar-refractivity contribution in [3.63, 3.8) is 0 Å². The van der Waals surface area contributed by atoms with Crippen molar-refractivity contribution >= 4 is 66.3 Å². The lowest BCUT2D eigenvalue weighted by Crippen LogP contribution is -1.93. The van der Waals surface area contributed by atoms with Crippen LogP contribution >= 0.6 is 22.7 Å². The van der Waals surface area contributed by atoms with Crippen molar-refractivity contribution in [3.8, 4) is 55.2 Å². The maximum absolute atomic E-state index is 6.45. The van der Waals surface area contributed by atoms with Crippen molar-refractivity contribution in [2.24, 2.45) is 0 Å². The van der Waals surface area contributed by atoms with Gasteiger partial charge in [-0.3, -0.25) is 0 Å². The highest BCUT2D eigenvalue weighted by atomic mass is 32.1. The molecule has 0 aliphatic rings. The van der Waals surface area contributed by atoms with Gasteiger partial charge in [0.25, 0.3) is 11.8 Å². The lowest BCUT2D eigenvalue weighted by Gasteiger charge is -2.09. The van der Waals surface area contributed by atoms with E-state index in [1.54, 1.807) is 22.7 Å². The summed E-state index contributed by atoms with van der Waals surface area (Å²) < 4.78 is 11.1. The van der Waals surface area contributed by atoms with E-state index < -0.39 is 0 Å². The number of nitrogens with zero attached hydrogens (tertiary/aromatic N) is 4. The summed E-state index contributed by atoms with van der Waals surface area (Å²) in [5.74, 6) is 1.05. The summed E-state index contributed by atoms with van der Waals surface area (Å²) in [6.07, 6.45) is 0. The molecule has 0 N–H and O–H groups in total. The molecule has 250 valence electrons. The van der Waals surface area contributed by atoms with Gasteiger partial charge in [-0.1, -0.05) is 97.1 Å². The molecule has 6 aromatic carbocycles. The monoisotopic (exact) mass is 716 g/mol. The molecule has 11 aromatic rings. The quantitative estimate of drug-likeness (QED) is 0.172. The molecular formula is C46H28N4OS2. The fourth-order valence-electron chi connectivity index (χ4n) is 7.79. The number of para-hydroxylation sites is 4. The van der Waals surface area contributed by atoms with Crippen LogP contribution in [0.5, 0.6) is 0 Å². The Labute approximate surface area is 312 Å². The minimum atomic E-state index is 0.525. The van der Waals surface area contributed by atoms with Gasteiger partial charge >= 0.3 is 0 Å². The van der Waals surface area contributed by atoms with Gasteiger partial charge in [0.1, 0.15) is 0 Å². The average Bonchev–Trinajstić information content (AvgIpc) is 4.07. The summed E-state index contributed by atoms with van der Waals surface area (Å²) in [6.45, 7) is 0. The van der Waals surface area contributed by atoms with E-state index in [1.807, 2.05) is 0 Å². The first kappa shape index (κ1) is 30.1. The van der Waals surface area contributed by atoms with E-state index in [0.29, 0.717) is 11.8 Å². The van der Waals surface area contributed by atoms with Crippen LogP contribution in [0, 0.1) is 0 Å². The van der Waals surface area contributed by atoms with Gasteiger partial charge in [0, 0.05) is 44.0 Å². The molecule has 0 spiro atoms. The first-order valence-electron chi connectivity index (χ1n) is 17.5. The van der Waals surface area contributed by atoms with Gasteiger partial charge in [-0.15, -0.1) is 32.9 Å². The topological polar surface area (TPSA) is 48.8 Å². The number of hydrogen-bond donors (Lipinski definition) is 0.